The van der Waals surface area contributed by atoms with Crippen molar-refractivity contribution in [3.8, 4) is 5.75 Å². The minimum atomic E-state index is 0.0635. The zero-order chi connectivity index (χ0) is 19.8. The van der Waals surface area contributed by atoms with Gasteiger partial charge in [-0.1, -0.05) is 37.6 Å². The number of rotatable bonds is 8. The molecular weight excluding hydrogens is 350 g/mol. The molecule has 150 valence electrons. The van der Waals surface area contributed by atoms with Gasteiger partial charge in [0.1, 0.15) is 11.9 Å². The average molecular weight is 382 g/mol. The van der Waals surface area contributed by atoms with Crippen molar-refractivity contribution in [1.82, 2.24) is 15.2 Å². The van der Waals surface area contributed by atoms with Crippen molar-refractivity contribution in [1.29, 1.82) is 0 Å². The Morgan fingerprint density at radius 3 is 2.96 bits per heavy atom. The first-order valence-corrected chi connectivity index (χ1v) is 10.3. The maximum Gasteiger partial charge on any atom is 0.221 e. The maximum absolute atomic E-state index is 12.4. The monoisotopic (exact) mass is 381 g/mol. The number of carbonyl (C=O) groups excluding carboxylic acids is 1. The van der Waals surface area contributed by atoms with Crippen LogP contribution in [0.25, 0.3) is 0 Å². The highest BCUT2D eigenvalue weighted by Gasteiger charge is 2.22. The molecule has 2 aromatic rings. The molecule has 0 bridgehead atoms. The van der Waals surface area contributed by atoms with Gasteiger partial charge in [-0.2, -0.15) is 0 Å². The van der Waals surface area contributed by atoms with Gasteiger partial charge in [0.15, 0.2) is 0 Å². The summed E-state index contributed by atoms with van der Waals surface area (Å²) in [6, 6.07) is 12.2. The molecule has 1 aliphatic heterocycles. The number of ether oxygens (including phenoxy) is 1. The number of hydrogen-bond donors (Lipinski definition) is 1. The summed E-state index contributed by atoms with van der Waals surface area (Å²) in [7, 11) is 0. The summed E-state index contributed by atoms with van der Waals surface area (Å²) in [6.07, 6.45) is 5.80. The van der Waals surface area contributed by atoms with Gasteiger partial charge >= 0.3 is 0 Å². The van der Waals surface area contributed by atoms with E-state index in [2.05, 4.69) is 40.3 Å². The fourth-order valence-corrected chi connectivity index (χ4v) is 3.55. The molecule has 3 rings (SSSR count). The Morgan fingerprint density at radius 2 is 2.14 bits per heavy atom. The minimum absolute atomic E-state index is 0.0635. The van der Waals surface area contributed by atoms with E-state index in [1.165, 1.54) is 5.56 Å². The molecule has 28 heavy (non-hydrogen) atoms. The number of benzene rings is 1. The van der Waals surface area contributed by atoms with Crippen LogP contribution in [0, 0.1) is 6.92 Å². The quantitative estimate of drug-likeness (QED) is 0.755. The van der Waals surface area contributed by atoms with E-state index < -0.39 is 0 Å². The number of aromatic nitrogens is 1. The average Bonchev–Trinajstić information content (AvgIpc) is 2.88. The lowest BCUT2D eigenvalue weighted by molar-refractivity contribution is -0.121. The van der Waals surface area contributed by atoms with Gasteiger partial charge in [0.2, 0.25) is 5.91 Å². The second-order valence-corrected chi connectivity index (χ2v) is 7.52. The molecule has 0 fully saturated rings. The molecule has 1 aromatic carbocycles. The van der Waals surface area contributed by atoms with Gasteiger partial charge in [0.05, 0.1) is 12.2 Å². The predicted octanol–water partition coefficient (Wildman–Crippen LogP) is 3.85. The van der Waals surface area contributed by atoms with E-state index in [9.17, 15) is 4.79 Å². The Bertz CT molecular complexity index is 778. The fourth-order valence-electron chi connectivity index (χ4n) is 3.55. The summed E-state index contributed by atoms with van der Waals surface area (Å²) in [6.45, 7) is 7.12. The van der Waals surface area contributed by atoms with Gasteiger partial charge in [-0.05, 0) is 37.5 Å². The van der Waals surface area contributed by atoms with Crippen LogP contribution in [0.4, 0.5) is 0 Å². The van der Waals surface area contributed by atoms with Crippen LogP contribution in [0.2, 0.25) is 0 Å². The number of amides is 1. The molecule has 0 spiro atoms. The maximum atomic E-state index is 12.4. The second-order valence-electron chi connectivity index (χ2n) is 7.52. The lowest BCUT2D eigenvalue weighted by Crippen LogP contribution is -2.36. The van der Waals surface area contributed by atoms with Crippen LogP contribution < -0.4 is 10.1 Å². The summed E-state index contributed by atoms with van der Waals surface area (Å²) in [5.41, 5.74) is 3.22. The van der Waals surface area contributed by atoms with Crippen molar-refractivity contribution in [2.45, 2.75) is 58.7 Å². The van der Waals surface area contributed by atoms with Crippen molar-refractivity contribution < 1.29 is 9.53 Å². The highest BCUT2D eigenvalue weighted by molar-refractivity contribution is 5.76. The Balaban J connectivity index is 1.54. The van der Waals surface area contributed by atoms with Crippen molar-refractivity contribution in [3.63, 3.8) is 0 Å². The first kappa shape index (κ1) is 20.3. The SMILES string of the molecule is CCCC[C@@H]1CN(CCC(=O)NCc2ncccc2C)Cc2ccccc2O1. The molecule has 0 aliphatic carbocycles. The fraction of sp³-hybridized carbons (Fsp3) is 0.478. The number of para-hydroxylation sites is 1. The highest BCUT2D eigenvalue weighted by Crippen LogP contribution is 2.26. The lowest BCUT2D eigenvalue weighted by Gasteiger charge is -2.23. The molecule has 2 heterocycles. The first-order valence-electron chi connectivity index (χ1n) is 10.3. The zero-order valence-corrected chi connectivity index (χ0v) is 17.0. The van der Waals surface area contributed by atoms with Crippen LogP contribution in [0.1, 0.15) is 49.4 Å². The number of carbonyl (C=O) groups is 1. The van der Waals surface area contributed by atoms with Crippen molar-refractivity contribution >= 4 is 5.91 Å². The van der Waals surface area contributed by atoms with Gasteiger partial charge in [-0.3, -0.25) is 14.7 Å². The van der Waals surface area contributed by atoms with Crippen LogP contribution in [-0.4, -0.2) is 35.0 Å². The van der Waals surface area contributed by atoms with Gasteiger partial charge in [0.25, 0.3) is 0 Å². The lowest BCUT2D eigenvalue weighted by atomic mass is 10.1. The topological polar surface area (TPSA) is 54.5 Å². The Labute approximate surface area is 168 Å². The van der Waals surface area contributed by atoms with E-state index in [1.807, 2.05) is 25.1 Å². The molecule has 0 saturated heterocycles. The smallest absolute Gasteiger partial charge is 0.221 e. The van der Waals surface area contributed by atoms with E-state index in [4.69, 9.17) is 4.74 Å². The molecule has 1 aliphatic rings. The van der Waals surface area contributed by atoms with E-state index in [0.717, 1.165) is 55.9 Å². The molecule has 0 unspecified atom stereocenters. The minimum Gasteiger partial charge on any atom is -0.489 e. The molecule has 1 aromatic heterocycles. The van der Waals surface area contributed by atoms with Crippen LogP contribution in [0.3, 0.4) is 0 Å². The summed E-state index contributed by atoms with van der Waals surface area (Å²) in [4.78, 5) is 19.0. The standard InChI is InChI=1S/C23H31N3O2/c1-3-4-10-20-17-26(16-19-9-5-6-11-22(19)28-20)14-12-23(27)25-15-21-18(2)8-7-13-24-21/h5-9,11,13,20H,3-4,10,12,14-17H2,1-2H3,(H,25,27)/t20-/m1/s1. The summed E-state index contributed by atoms with van der Waals surface area (Å²) in [5.74, 6) is 1.05. The predicted molar refractivity (Wildman–Crippen MR) is 111 cm³/mol. The van der Waals surface area contributed by atoms with Gasteiger partial charge in [0, 0.05) is 37.8 Å². The molecular formula is C23H31N3O2. The third-order valence-electron chi connectivity index (χ3n) is 5.23. The number of nitrogens with one attached hydrogen (secondary N) is 1. The molecule has 5 heteroatoms. The largest absolute Gasteiger partial charge is 0.489 e. The zero-order valence-electron chi connectivity index (χ0n) is 17.0. The number of unbranched alkanes of at least 4 members (excludes halogenated alkanes) is 1. The van der Waals surface area contributed by atoms with Crippen molar-refractivity contribution in [2.24, 2.45) is 0 Å². The van der Waals surface area contributed by atoms with E-state index in [1.54, 1.807) is 6.20 Å². The van der Waals surface area contributed by atoms with E-state index in [0.29, 0.717) is 13.0 Å². The van der Waals surface area contributed by atoms with Crippen molar-refractivity contribution in [2.75, 3.05) is 13.1 Å². The van der Waals surface area contributed by atoms with Crippen LogP contribution in [0.15, 0.2) is 42.6 Å². The summed E-state index contributed by atoms with van der Waals surface area (Å²) in [5, 5.41) is 3.00. The molecule has 0 radical (unpaired) electrons. The third-order valence-corrected chi connectivity index (χ3v) is 5.23. The Morgan fingerprint density at radius 1 is 1.29 bits per heavy atom. The number of pyridine rings is 1. The molecule has 5 nitrogen and oxygen atoms in total. The molecule has 1 N–H and O–H groups in total. The molecule has 1 amide bonds. The van der Waals surface area contributed by atoms with Gasteiger partial charge < -0.3 is 10.1 Å². The molecule has 0 saturated carbocycles. The molecule has 1 atom stereocenters. The Hall–Kier alpha value is -2.40. The Kier molecular flexibility index (Phi) is 7.43. The van der Waals surface area contributed by atoms with Crippen molar-refractivity contribution in [3.05, 3.63) is 59.4 Å². The van der Waals surface area contributed by atoms with Gasteiger partial charge in [-0.25, -0.2) is 0 Å². The van der Waals surface area contributed by atoms with E-state index in [-0.39, 0.29) is 12.0 Å². The van der Waals surface area contributed by atoms with Crippen LogP contribution >= 0.6 is 0 Å². The van der Waals surface area contributed by atoms with Gasteiger partial charge in [-0.15, -0.1) is 0 Å². The van der Waals surface area contributed by atoms with E-state index >= 15 is 0 Å². The van der Waals surface area contributed by atoms with Crippen LogP contribution in [0.5, 0.6) is 5.75 Å². The number of fused-ring (bicyclic) bond motifs is 1. The summed E-state index contributed by atoms with van der Waals surface area (Å²) >= 11 is 0. The number of hydrogen-bond acceptors (Lipinski definition) is 4. The number of aryl methyl sites for hydroxylation is 1. The highest BCUT2D eigenvalue weighted by atomic mass is 16.5. The second kappa shape index (κ2) is 10.2. The number of nitrogens with zero attached hydrogens (tertiary/aromatic N) is 2. The first-order chi connectivity index (χ1) is 13.7. The normalized spacial score (nSPS) is 16.7. The summed E-state index contributed by atoms with van der Waals surface area (Å²) < 4.78 is 6.26. The third kappa shape index (κ3) is 5.80. The van der Waals surface area contributed by atoms with Crippen LogP contribution in [-0.2, 0) is 17.9 Å².